The second kappa shape index (κ2) is 10.4. The third kappa shape index (κ3) is 5.91. The topological polar surface area (TPSA) is 125 Å². The number of amides is 2. The van der Waals surface area contributed by atoms with Gasteiger partial charge >= 0.3 is 0 Å². The molecule has 0 saturated carbocycles. The maximum absolute atomic E-state index is 12.8. The minimum Gasteiger partial charge on any atom is -0.497 e. The van der Waals surface area contributed by atoms with Crippen molar-refractivity contribution in [1.82, 2.24) is 14.9 Å². The first-order valence-electron chi connectivity index (χ1n) is 9.18. The van der Waals surface area contributed by atoms with Crippen LogP contribution in [0.15, 0.2) is 29.2 Å². The number of nitrogens with one attached hydrogen (secondary N) is 2. The Morgan fingerprint density at radius 2 is 1.93 bits per heavy atom. The highest BCUT2D eigenvalue weighted by molar-refractivity contribution is 7.89. The summed E-state index contributed by atoms with van der Waals surface area (Å²) in [5, 5.41) is 13.8. The summed E-state index contributed by atoms with van der Waals surface area (Å²) in [6.45, 7) is 0.669. The monoisotopic (exact) mass is 413 g/mol. The van der Waals surface area contributed by atoms with Crippen molar-refractivity contribution >= 4 is 21.8 Å². The number of hydrogen-bond donors (Lipinski definition) is 3. The lowest BCUT2D eigenvalue weighted by molar-refractivity contribution is -0.126. The number of rotatable bonds is 9. The number of piperidine rings is 1. The summed E-state index contributed by atoms with van der Waals surface area (Å²) in [6, 6.07) is 6.15. The second-order valence-electron chi connectivity index (χ2n) is 6.49. The van der Waals surface area contributed by atoms with Gasteiger partial charge in [0.05, 0.1) is 24.5 Å². The zero-order valence-electron chi connectivity index (χ0n) is 15.9. The maximum atomic E-state index is 12.8. The van der Waals surface area contributed by atoms with Gasteiger partial charge in [-0.1, -0.05) is 0 Å². The highest BCUT2D eigenvalue weighted by Gasteiger charge is 2.33. The van der Waals surface area contributed by atoms with Gasteiger partial charge in [0.15, 0.2) is 0 Å². The summed E-state index contributed by atoms with van der Waals surface area (Å²) in [4.78, 5) is 24.0. The molecule has 1 atom stereocenters. The molecule has 2 rings (SSSR count). The molecule has 0 unspecified atom stereocenters. The maximum Gasteiger partial charge on any atom is 0.243 e. The third-order valence-electron chi connectivity index (χ3n) is 4.54. The van der Waals surface area contributed by atoms with Gasteiger partial charge in [-0.25, -0.2) is 8.42 Å². The van der Waals surface area contributed by atoms with Crippen molar-refractivity contribution in [3.8, 4) is 5.75 Å². The van der Waals surface area contributed by atoms with E-state index in [0.717, 1.165) is 0 Å². The molecule has 1 aliphatic heterocycles. The number of carbonyl (C=O) groups excluding carboxylic acids is 2. The number of nitrogens with zero attached hydrogens (tertiary/aromatic N) is 1. The lowest BCUT2D eigenvalue weighted by atomic mass is 9.99. The smallest absolute Gasteiger partial charge is 0.243 e. The molecule has 0 aromatic heterocycles. The first-order valence-corrected chi connectivity index (χ1v) is 10.6. The van der Waals surface area contributed by atoms with Gasteiger partial charge in [-0.15, -0.1) is 0 Å². The average Bonchev–Trinajstić information content (AvgIpc) is 2.72. The number of benzene rings is 1. The van der Waals surface area contributed by atoms with Crippen LogP contribution in [0.25, 0.3) is 0 Å². The number of ether oxygens (including phenoxy) is 1. The van der Waals surface area contributed by atoms with Crippen LogP contribution in [0.4, 0.5) is 0 Å². The minimum atomic E-state index is -3.69. The normalized spacial score (nSPS) is 17.7. The molecular formula is C18H27N3O6S. The average molecular weight is 413 g/mol. The van der Waals surface area contributed by atoms with Gasteiger partial charge in [0, 0.05) is 32.6 Å². The molecule has 1 aliphatic rings. The summed E-state index contributed by atoms with van der Waals surface area (Å²) in [5.74, 6) is -0.411. The summed E-state index contributed by atoms with van der Waals surface area (Å²) >= 11 is 0. The van der Waals surface area contributed by atoms with E-state index >= 15 is 0 Å². The molecule has 1 aromatic carbocycles. The molecular weight excluding hydrogens is 386 g/mol. The Balaban J connectivity index is 1.91. The number of methoxy groups -OCH3 is 1. The van der Waals surface area contributed by atoms with Gasteiger partial charge in [-0.2, -0.15) is 4.31 Å². The van der Waals surface area contributed by atoms with E-state index in [2.05, 4.69) is 10.6 Å². The number of carbonyl (C=O) groups is 2. The molecule has 0 radical (unpaired) electrons. The van der Waals surface area contributed by atoms with Crippen LogP contribution in [0.3, 0.4) is 0 Å². The van der Waals surface area contributed by atoms with Crippen LogP contribution in [0.1, 0.15) is 19.3 Å². The van der Waals surface area contributed by atoms with Gasteiger partial charge in [-0.05, 0) is 37.1 Å². The van der Waals surface area contributed by atoms with Crippen LogP contribution < -0.4 is 15.4 Å². The fraction of sp³-hybridized carbons (Fsp3) is 0.556. The molecule has 2 amide bonds. The minimum absolute atomic E-state index is 0.103. The second-order valence-corrected chi connectivity index (χ2v) is 8.43. The van der Waals surface area contributed by atoms with Gasteiger partial charge in [0.25, 0.3) is 0 Å². The Labute approximate surface area is 165 Å². The summed E-state index contributed by atoms with van der Waals surface area (Å²) in [6.07, 6.45) is 1.29. The fourth-order valence-corrected chi connectivity index (χ4v) is 4.52. The molecule has 3 N–H and O–H groups in total. The number of hydrogen-bond acceptors (Lipinski definition) is 6. The molecule has 0 spiro atoms. The van der Waals surface area contributed by atoms with Crippen LogP contribution in [0, 0.1) is 5.92 Å². The first kappa shape index (κ1) is 22.1. The highest BCUT2D eigenvalue weighted by Crippen LogP contribution is 2.25. The Morgan fingerprint density at radius 1 is 1.21 bits per heavy atom. The van der Waals surface area contributed by atoms with Crippen molar-refractivity contribution in [3.05, 3.63) is 24.3 Å². The van der Waals surface area contributed by atoms with Crippen molar-refractivity contribution < 1.29 is 27.9 Å². The molecule has 0 aliphatic carbocycles. The molecule has 28 heavy (non-hydrogen) atoms. The SMILES string of the molecule is COc1ccc(S(=O)(=O)N2CCC[C@H](C(=O)NCCC(=O)NCCO)C2)cc1. The van der Waals surface area contributed by atoms with Crippen molar-refractivity contribution in [2.24, 2.45) is 5.92 Å². The van der Waals surface area contributed by atoms with Crippen LogP contribution in [-0.2, 0) is 19.6 Å². The van der Waals surface area contributed by atoms with Gasteiger partial charge in [0.1, 0.15) is 5.75 Å². The highest BCUT2D eigenvalue weighted by atomic mass is 32.2. The van der Waals surface area contributed by atoms with Crippen LogP contribution in [0.2, 0.25) is 0 Å². The van der Waals surface area contributed by atoms with E-state index in [4.69, 9.17) is 9.84 Å². The quantitative estimate of drug-likeness (QED) is 0.511. The summed E-state index contributed by atoms with van der Waals surface area (Å²) < 4.78 is 32.1. The number of sulfonamides is 1. The zero-order chi connectivity index (χ0) is 20.6. The van der Waals surface area contributed by atoms with Crippen molar-refractivity contribution in [2.75, 3.05) is 39.9 Å². The van der Waals surface area contributed by atoms with Crippen molar-refractivity contribution in [2.45, 2.75) is 24.2 Å². The molecule has 156 valence electrons. The Bertz CT molecular complexity index is 766. The summed E-state index contributed by atoms with van der Waals surface area (Å²) in [5.41, 5.74) is 0. The molecule has 0 bridgehead atoms. The van der Waals surface area contributed by atoms with Gasteiger partial charge in [-0.3, -0.25) is 9.59 Å². The lowest BCUT2D eigenvalue weighted by Gasteiger charge is -2.31. The molecule has 10 heteroatoms. The Hall–Kier alpha value is -2.17. The largest absolute Gasteiger partial charge is 0.497 e. The van der Waals surface area contributed by atoms with Crippen LogP contribution >= 0.6 is 0 Å². The summed E-state index contributed by atoms with van der Waals surface area (Å²) in [7, 11) is -2.18. The third-order valence-corrected chi connectivity index (χ3v) is 6.42. The fourth-order valence-electron chi connectivity index (χ4n) is 3.00. The molecule has 1 saturated heterocycles. The first-order chi connectivity index (χ1) is 13.4. The Kier molecular flexibility index (Phi) is 8.21. The van der Waals surface area contributed by atoms with E-state index in [1.807, 2.05) is 0 Å². The van der Waals surface area contributed by atoms with Crippen LogP contribution in [0.5, 0.6) is 5.75 Å². The predicted octanol–water partition coefficient (Wildman–Crippen LogP) is -0.289. The molecule has 1 fully saturated rings. The molecule has 1 heterocycles. The van der Waals surface area contributed by atoms with Gasteiger partial charge < -0.3 is 20.5 Å². The number of aliphatic hydroxyl groups is 1. The van der Waals surface area contributed by atoms with E-state index in [9.17, 15) is 18.0 Å². The van der Waals surface area contributed by atoms with E-state index in [-0.39, 0.29) is 49.4 Å². The molecule has 9 nitrogen and oxygen atoms in total. The van der Waals surface area contributed by atoms with E-state index in [0.29, 0.717) is 25.1 Å². The molecule has 1 aromatic rings. The predicted molar refractivity (Wildman–Crippen MR) is 102 cm³/mol. The lowest BCUT2D eigenvalue weighted by Crippen LogP contribution is -2.45. The van der Waals surface area contributed by atoms with Gasteiger partial charge in [0.2, 0.25) is 21.8 Å². The van der Waals surface area contributed by atoms with E-state index < -0.39 is 15.9 Å². The zero-order valence-corrected chi connectivity index (χ0v) is 16.7. The Morgan fingerprint density at radius 3 is 2.57 bits per heavy atom. The van der Waals surface area contributed by atoms with Crippen LogP contribution in [-0.4, -0.2) is 69.5 Å². The number of aliphatic hydroxyl groups excluding tert-OH is 1. The van der Waals surface area contributed by atoms with E-state index in [1.165, 1.54) is 23.5 Å². The van der Waals surface area contributed by atoms with E-state index in [1.54, 1.807) is 12.1 Å². The van der Waals surface area contributed by atoms with Crippen molar-refractivity contribution in [1.29, 1.82) is 0 Å². The standard InChI is InChI=1S/C18H27N3O6S/c1-27-15-4-6-16(7-5-15)28(25,26)21-11-2-3-14(13-21)18(24)20-9-8-17(23)19-10-12-22/h4-7,14,22H,2-3,8-13H2,1H3,(H,19,23)(H,20,24)/t14-/m0/s1. The van der Waals surface area contributed by atoms with Crippen molar-refractivity contribution in [3.63, 3.8) is 0 Å².